The lowest BCUT2D eigenvalue weighted by Gasteiger charge is -2.25. The van der Waals surface area contributed by atoms with E-state index in [-0.39, 0.29) is 6.04 Å². The van der Waals surface area contributed by atoms with Crippen molar-refractivity contribution in [3.8, 4) is 0 Å². The Labute approximate surface area is 149 Å². The van der Waals surface area contributed by atoms with Crippen LogP contribution >= 0.6 is 11.3 Å². The quantitative estimate of drug-likeness (QED) is 0.764. The molecule has 3 aromatic rings. The fraction of sp³-hybridized carbons (Fsp3) is 0.375. The molecule has 4 rings (SSSR count). The summed E-state index contributed by atoms with van der Waals surface area (Å²) in [5.41, 5.74) is 0.986. The second-order valence-corrected chi connectivity index (χ2v) is 7.07. The third-order valence-electron chi connectivity index (χ3n) is 4.06. The molecule has 4 heterocycles. The Morgan fingerprint density at radius 1 is 1.20 bits per heavy atom. The normalized spacial score (nSPS) is 17.0. The molecule has 1 aliphatic rings. The summed E-state index contributed by atoms with van der Waals surface area (Å²) < 4.78 is 0. The van der Waals surface area contributed by atoms with E-state index in [0.717, 1.165) is 52.7 Å². The van der Waals surface area contributed by atoms with Crippen LogP contribution in [0.2, 0.25) is 0 Å². The molecule has 128 valence electrons. The molecule has 1 fully saturated rings. The predicted octanol–water partition coefficient (Wildman–Crippen LogP) is 2.82. The van der Waals surface area contributed by atoms with Crippen molar-refractivity contribution in [3.05, 3.63) is 41.2 Å². The van der Waals surface area contributed by atoms with Gasteiger partial charge in [-0.1, -0.05) is 11.3 Å². The van der Waals surface area contributed by atoms with Crippen LogP contribution in [0.4, 0.5) is 16.8 Å². The van der Waals surface area contributed by atoms with Gasteiger partial charge < -0.3 is 10.2 Å². The lowest BCUT2D eigenvalue weighted by Crippen LogP contribution is -2.24. The van der Waals surface area contributed by atoms with Gasteiger partial charge in [-0.25, -0.2) is 15.0 Å². The first-order chi connectivity index (χ1) is 12.2. The molecule has 25 heavy (non-hydrogen) atoms. The zero-order valence-corrected chi connectivity index (χ0v) is 14.9. The van der Waals surface area contributed by atoms with Gasteiger partial charge in [-0.05, 0) is 26.7 Å². The number of aryl methyl sites for hydroxylation is 2. The summed E-state index contributed by atoms with van der Waals surface area (Å²) in [7, 11) is 0. The van der Waals surface area contributed by atoms with E-state index in [2.05, 4.69) is 40.3 Å². The fourth-order valence-electron chi connectivity index (χ4n) is 3.07. The second-order valence-electron chi connectivity index (χ2n) is 5.89. The van der Waals surface area contributed by atoms with Crippen LogP contribution in [0.25, 0.3) is 0 Å². The van der Waals surface area contributed by atoms with E-state index in [9.17, 15) is 0 Å². The maximum Gasteiger partial charge on any atom is 0.211 e. The van der Waals surface area contributed by atoms with Crippen LogP contribution in [-0.2, 0) is 0 Å². The average Bonchev–Trinajstić information content (AvgIpc) is 3.24. The van der Waals surface area contributed by atoms with Gasteiger partial charge >= 0.3 is 0 Å². The molecule has 0 unspecified atom stereocenters. The van der Waals surface area contributed by atoms with Crippen molar-refractivity contribution in [2.75, 3.05) is 16.8 Å². The number of nitrogens with zero attached hydrogens (tertiary/aromatic N) is 7. The Bertz CT molecular complexity index is 866. The maximum absolute atomic E-state index is 4.66. The number of nitrogens with one attached hydrogen (secondary N) is 1. The van der Waals surface area contributed by atoms with E-state index in [1.54, 1.807) is 18.6 Å². The molecule has 0 radical (unpaired) electrons. The molecule has 1 N–H and O–H groups in total. The van der Waals surface area contributed by atoms with Crippen LogP contribution in [0.3, 0.4) is 0 Å². The topological polar surface area (TPSA) is 92.6 Å². The Morgan fingerprint density at radius 3 is 2.88 bits per heavy atom. The zero-order valence-electron chi connectivity index (χ0n) is 14.0. The molecule has 9 heteroatoms. The smallest absolute Gasteiger partial charge is 0.211 e. The van der Waals surface area contributed by atoms with Gasteiger partial charge in [0.1, 0.15) is 22.5 Å². The van der Waals surface area contributed by atoms with Crippen molar-refractivity contribution in [1.29, 1.82) is 0 Å². The Balaban J connectivity index is 1.63. The summed E-state index contributed by atoms with van der Waals surface area (Å²) in [5, 5.41) is 13.0. The minimum atomic E-state index is 0.176. The van der Waals surface area contributed by atoms with Gasteiger partial charge in [0.2, 0.25) is 5.13 Å². The SMILES string of the molecule is Cc1nc(Nc2nnc(C)s2)cc([C@@H]2CCCN2c2cnccn2)n1. The lowest BCUT2D eigenvalue weighted by atomic mass is 10.1. The van der Waals surface area contributed by atoms with Gasteiger partial charge in [-0.15, -0.1) is 10.2 Å². The zero-order chi connectivity index (χ0) is 17.2. The molecular weight excluding hydrogens is 336 g/mol. The number of rotatable bonds is 4. The molecule has 0 aromatic carbocycles. The highest BCUT2D eigenvalue weighted by atomic mass is 32.1. The van der Waals surface area contributed by atoms with Crippen molar-refractivity contribution >= 4 is 28.1 Å². The first-order valence-corrected chi connectivity index (χ1v) is 8.96. The third-order valence-corrected chi connectivity index (χ3v) is 4.81. The molecule has 1 atom stereocenters. The number of aromatic nitrogens is 6. The molecule has 0 amide bonds. The van der Waals surface area contributed by atoms with Gasteiger partial charge in [0, 0.05) is 25.0 Å². The maximum atomic E-state index is 4.66. The summed E-state index contributed by atoms with van der Waals surface area (Å²) in [5.74, 6) is 2.35. The van der Waals surface area contributed by atoms with Crippen LogP contribution in [0.15, 0.2) is 24.7 Å². The largest absolute Gasteiger partial charge is 0.347 e. The van der Waals surface area contributed by atoms with Crippen molar-refractivity contribution in [2.24, 2.45) is 0 Å². The van der Waals surface area contributed by atoms with E-state index < -0.39 is 0 Å². The number of hydrogen-bond donors (Lipinski definition) is 1. The minimum Gasteiger partial charge on any atom is -0.347 e. The summed E-state index contributed by atoms with van der Waals surface area (Å²) in [6.45, 7) is 4.78. The van der Waals surface area contributed by atoms with Gasteiger partial charge in [0.15, 0.2) is 0 Å². The third kappa shape index (κ3) is 3.41. The monoisotopic (exact) mass is 354 g/mol. The van der Waals surface area contributed by atoms with Crippen molar-refractivity contribution in [1.82, 2.24) is 30.1 Å². The molecule has 0 aliphatic carbocycles. The summed E-state index contributed by atoms with van der Waals surface area (Å²) >= 11 is 1.50. The van der Waals surface area contributed by atoms with Crippen molar-refractivity contribution < 1.29 is 0 Å². The molecule has 8 nitrogen and oxygen atoms in total. The Hall–Kier alpha value is -2.68. The molecule has 1 aliphatic heterocycles. The first-order valence-electron chi connectivity index (χ1n) is 8.14. The predicted molar refractivity (Wildman–Crippen MR) is 96.1 cm³/mol. The lowest BCUT2D eigenvalue weighted by molar-refractivity contribution is 0.680. The van der Waals surface area contributed by atoms with E-state index in [0.29, 0.717) is 0 Å². The highest BCUT2D eigenvalue weighted by molar-refractivity contribution is 7.15. The first kappa shape index (κ1) is 15.8. The summed E-state index contributed by atoms with van der Waals surface area (Å²) in [6, 6.07) is 2.17. The Morgan fingerprint density at radius 2 is 2.12 bits per heavy atom. The summed E-state index contributed by atoms with van der Waals surface area (Å²) in [4.78, 5) is 20.0. The van der Waals surface area contributed by atoms with Crippen LogP contribution in [-0.4, -0.2) is 36.7 Å². The fourth-order valence-corrected chi connectivity index (χ4v) is 3.67. The summed E-state index contributed by atoms with van der Waals surface area (Å²) in [6.07, 6.45) is 7.35. The standard InChI is InChI=1S/C16H18N8S/c1-10-19-12(8-14(20-10)21-16-23-22-11(2)25-16)13-4-3-7-24(13)15-9-17-5-6-18-15/h5-6,8-9,13H,3-4,7H2,1-2H3,(H,19,20,21,23)/t13-/m0/s1. The van der Waals surface area contributed by atoms with Gasteiger partial charge in [0.05, 0.1) is 17.9 Å². The van der Waals surface area contributed by atoms with Gasteiger partial charge in [0.25, 0.3) is 0 Å². The van der Waals surface area contributed by atoms with Crippen LogP contribution in [0, 0.1) is 13.8 Å². The Kier molecular flexibility index (Phi) is 4.22. The van der Waals surface area contributed by atoms with Crippen molar-refractivity contribution in [3.63, 3.8) is 0 Å². The molecule has 0 saturated carbocycles. The minimum absolute atomic E-state index is 0.176. The van der Waals surface area contributed by atoms with Crippen LogP contribution in [0.1, 0.15) is 35.4 Å². The highest BCUT2D eigenvalue weighted by Gasteiger charge is 2.29. The molecule has 3 aromatic heterocycles. The number of hydrogen-bond acceptors (Lipinski definition) is 9. The van der Waals surface area contributed by atoms with E-state index in [1.165, 1.54) is 11.3 Å². The average molecular weight is 354 g/mol. The van der Waals surface area contributed by atoms with Gasteiger partial charge in [-0.2, -0.15) is 0 Å². The number of anilines is 3. The molecule has 0 spiro atoms. The van der Waals surface area contributed by atoms with Gasteiger partial charge in [-0.3, -0.25) is 4.98 Å². The van der Waals surface area contributed by atoms with E-state index in [1.807, 2.05) is 19.9 Å². The highest BCUT2D eigenvalue weighted by Crippen LogP contribution is 2.34. The van der Waals surface area contributed by atoms with Crippen LogP contribution < -0.4 is 10.2 Å². The van der Waals surface area contributed by atoms with E-state index >= 15 is 0 Å². The molecular formula is C16H18N8S. The molecule has 1 saturated heterocycles. The van der Waals surface area contributed by atoms with Crippen LogP contribution in [0.5, 0.6) is 0 Å². The van der Waals surface area contributed by atoms with E-state index in [4.69, 9.17) is 0 Å². The second kappa shape index (κ2) is 6.67. The van der Waals surface area contributed by atoms with Crippen molar-refractivity contribution in [2.45, 2.75) is 32.7 Å². The molecule has 0 bridgehead atoms.